The molecule has 10 rings (SSSR count). The summed E-state index contributed by atoms with van der Waals surface area (Å²) in [5.74, 6) is 0.713. The second-order valence-corrected chi connectivity index (χ2v) is 24.2. The zero-order chi connectivity index (χ0) is 53.1. The van der Waals surface area contributed by atoms with Crippen molar-refractivity contribution < 1.29 is 114 Å². The molecule has 6 aliphatic heterocycles. The van der Waals surface area contributed by atoms with Crippen LogP contribution in [0.5, 0.6) is 0 Å². The minimum Gasteiger partial charge on any atom is -0.394 e. The van der Waals surface area contributed by atoms with Gasteiger partial charge in [-0.15, -0.1) is 0 Å². The molecular formula is C51H82O23. The van der Waals surface area contributed by atoms with Crippen LogP contribution in [0.15, 0.2) is 11.6 Å². The maximum Gasteiger partial charge on any atom is 0.187 e. The van der Waals surface area contributed by atoms with Gasteiger partial charge in [-0.1, -0.05) is 32.4 Å². The average molecular weight is 1060 g/mol. The zero-order valence-electron chi connectivity index (χ0n) is 42.8. The van der Waals surface area contributed by atoms with Crippen LogP contribution in [0, 0.1) is 40.4 Å². The van der Waals surface area contributed by atoms with Gasteiger partial charge in [0.1, 0.15) is 91.6 Å². The van der Waals surface area contributed by atoms with Crippen molar-refractivity contribution in [2.45, 2.75) is 239 Å². The molecule has 0 aromatic rings. The van der Waals surface area contributed by atoms with E-state index in [1.54, 1.807) is 0 Å². The Morgan fingerprint density at radius 3 is 1.84 bits per heavy atom. The topological polar surface area (TPSA) is 355 Å². The van der Waals surface area contributed by atoms with Gasteiger partial charge in [0.05, 0.1) is 50.3 Å². The van der Waals surface area contributed by atoms with Gasteiger partial charge in [-0.3, -0.25) is 0 Å². The van der Waals surface area contributed by atoms with E-state index in [9.17, 15) is 66.4 Å². The van der Waals surface area contributed by atoms with E-state index in [0.29, 0.717) is 43.4 Å². The van der Waals surface area contributed by atoms with E-state index in [0.717, 1.165) is 32.1 Å². The second kappa shape index (κ2) is 21.0. The van der Waals surface area contributed by atoms with Crippen LogP contribution in [0.3, 0.4) is 0 Å². The molecule has 6 heterocycles. The van der Waals surface area contributed by atoms with Crippen molar-refractivity contribution in [3.8, 4) is 0 Å². The van der Waals surface area contributed by atoms with Gasteiger partial charge in [0.15, 0.2) is 30.9 Å². The highest BCUT2D eigenvalue weighted by Gasteiger charge is 2.70. The van der Waals surface area contributed by atoms with Gasteiger partial charge in [0.25, 0.3) is 0 Å². The summed E-state index contributed by atoms with van der Waals surface area (Å²) in [6, 6.07) is 0. The summed E-state index contributed by atoms with van der Waals surface area (Å²) in [6.07, 6.45) is -21.5. The Hall–Kier alpha value is -1.18. The van der Waals surface area contributed by atoms with Crippen molar-refractivity contribution >= 4 is 0 Å². The number of fused-ring (bicyclic) bond motifs is 7. The monoisotopic (exact) mass is 1060 g/mol. The maximum absolute atomic E-state index is 12.1. The van der Waals surface area contributed by atoms with Crippen LogP contribution in [0.1, 0.15) is 92.4 Å². The molecule has 31 atom stereocenters. The highest BCUT2D eigenvalue weighted by molar-refractivity contribution is 5.27. The number of ether oxygens (including phenoxy) is 10. The molecule has 0 aromatic carbocycles. The van der Waals surface area contributed by atoms with E-state index in [1.807, 2.05) is 6.92 Å². The summed E-state index contributed by atoms with van der Waals surface area (Å²) in [4.78, 5) is 0. The fourth-order valence-electron chi connectivity index (χ4n) is 15.6. The van der Waals surface area contributed by atoms with Crippen LogP contribution in [-0.2, 0) is 47.4 Å². The third-order valence-corrected chi connectivity index (χ3v) is 19.9. The molecule has 0 amide bonds. The van der Waals surface area contributed by atoms with Crippen LogP contribution < -0.4 is 0 Å². The van der Waals surface area contributed by atoms with Gasteiger partial charge < -0.3 is 114 Å². The first kappa shape index (κ1) is 56.1. The van der Waals surface area contributed by atoms with Gasteiger partial charge in [0, 0.05) is 12.3 Å². The summed E-state index contributed by atoms with van der Waals surface area (Å²) >= 11 is 0. The molecule has 74 heavy (non-hydrogen) atoms. The van der Waals surface area contributed by atoms with Crippen molar-refractivity contribution in [2.75, 3.05) is 26.4 Å². The Labute approximate surface area is 430 Å². The Kier molecular flexibility index (Phi) is 16.0. The molecule has 9 fully saturated rings. The highest BCUT2D eigenvalue weighted by atomic mass is 16.8. The predicted molar refractivity (Wildman–Crippen MR) is 248 cm³/mol. The lowest BCUT2D eigenvalue weighted by Crippen LogP contribution is -2.67. The summed E-state index contributed by atoms with van der Waals surface area (Å²) in [7, 11) is 0. The number of allylic oxidation sites excluding steroid dienone is 1. The van der Waals surface area contributed by atoms with Crippen LogP contribution >= 0.6 is 0 Å². The summed E-state index contributed by atoms with van der Waals surface area (Å²) < 4.78 is 62.0. The summed E-state index contributed by atoms with van der Waals surface area (Å²) in [6.45, 7) is 8.47. The quantitative estimate of drug-likeness (QED) is 0.0875. The Balaban J connectivity index is 0.813. The Morgan fingerprint density at radius 1 is 0.581 bits per heavy atom. The van der Waals surface area contributed by atoms with Gasteiger partial charge >= 0.3 is 0 Å². The van der Waals surface area contributed by atoms with E-state index >= 15 is 0 Å². The van der Waals surface area contributed by atoms with Crippen molar-refractivity contribution in [1.82, 2.24) is 0 Å². The van der Waals surface area contributed by atoms with E-state index in [1.165, 1.54) is 12.5 Å². The van der Waals surface area contributed by atoms with Gasteiger partial charge in [-0.05, 0) is 99.7 Å². The molecule has 23 nitrogen and oxygen atoms in total. The van der Waals surface area contributed by atoms with Gasteiger partial charge in [-0.2, -0.15) is 0 Å². The largest absolute Gasteiger partial charge is 0.394 e. The minimum atomic E-state index is -1.85. The molecule has 424 valence electrons. The SMILES string of the molecule is C[C@H]1O[C@@H](O[C@H]2[C@H](O)[C@@H](O[C@@H]3O[C@H](CO)[C@@H](O)[C@H](O)[C@H]3O)[C@H](OC3CC[C@@]4(C)C(=CC[C@H]5[C@@H]6C[C@@H]7O[C@]8(CC[C@@](C)(CO[C@@H]9O[C@@H](CO)[C@@H](O)[C@H](O)[C@@H]9O)O8)[C@@H](C)[C@@H]7[C@@]6(C)CC[C@@H]54)C3)O[C@@H]2CO)[C@H](O)[C@H](O)[C@@H]1O. The number of rotatable bonds is 12. The van der Waals surface area contributed by atoms with E-state index < -0.39 is 160 Å². The molecule has 6 saturated heterocycles. The molecule has 1 spiro atoms. The fraction of sp³-hybridized carbons (Fsp3) is 0.961. The smallest absolute Gasteiger partial charge is 0.187 e. The lowest BCUT2D eigenvalue weighted by Gasteiger charge is -2.58. The summed E-state index contributed by atoms with van der Waals surface area (Å²) in [5.41, 5.74) is 0.321. The Bertz CT molecular complexity index is 1980. The highest BCUT2D eigenvalue weighted by Crippen LogP contribution is 2.71. The molecule has 0 bridgehead atoms. The number of aliphatic hydroxyl groups is 13. The average Bonchev–Trinajstić information content (AvgIpc) is 4.02. The molecule has 0 radical (unpaired) electrons. The molecule has 13 N–H and O–H groups in total. The van der Waals surface area contributed by atoms with E-state index in [2.05, 4.69) is 26.8 Å². The minimum absolute atomic E-state index is 0.00479. The fourth-order valence-corrected chi connectivity index (χ4v) is 15.6. The summed E-state index contributed by atoms with van der Waals surface area (Å²) in [5, 5.41) is 137. The van der Waals surface area contributed by atoms with Crippen LogP contribution in [0.4, 0.5) is 0 Å². The first-order chi connectivity index (χ1) is 35.0. The number of aliphatic hydroxyl groups excluding tert-OH is 13. The molecule has 0 aromatic heterocycles. The van der Waals surface area contributed by atoms with Gasteiger partial charge in [-0.25, -0.2) is 0 Å². The first-order valence-electron chi connectivity index (χ1n) is 26.9. The third-order valence-electron chi connectivity index (χ3n) is 19.9. The van der Waals surface area contributed by atoms with Crippen LogP contribution in [0.25, 0.3) is 0 Å². The maximum atomic E-state index is 12.1. The molecule has 10 aliphatic rings. The van der Waals surface area contributed by atoms with Crippen LogP contribution in [-0.4, -0.2) is 239 Å². The standard InChI is InChI=1S/C51H82O23/c1-20-31-27(73-51(20)13-12-48(3,74-51)19-65-44-38(61)36(59)33(56)28(16-52)68-44)15-26-24-7-6-22-14-23(8-10-49(22,4)25(24)9-11-50(26,31)5)67-47-43(72-46-40(63)37(60)34(57)29(17-53)69-46)41(64)42(30(18-54)70-47)71-45-39(62)35(58)32(55)21(2)66-45/h6,20-21,23-47,52-64H,7-19H2,1-5H3/t20-,21+,23?,24+,25-,26-,27-,28-,29+,30+,31-,32+,33+,34+,35+,36-,37-,38-,39+,40+,41-,42+,43+,44+,45-,46-,47+,48-,49-,50-,51-/m0/s1. The van der Waals surface area contributed by atoms with E-state index in [-0.39, 0.29) is 35.4 Å². The predicted octanol–water partition coefficient (Wildman–Crippen LogP) is -2.85. The lowest BCUT2D eigenvalue weighted by molar-refractivity contribution is -0.390. The van der Waals surface area contributed by atoms with Crippen LogP contribution in [0.2, 0.25) is 0 Å². The molecule has 3 saturated carbocycles. The third kappa shape index (κ3) is 9.38. The van der Waals surface area contributed by atoms with E-state index in [4.69, 9.17) is 47.4 Å². The molecular weight excluding hydrogens is 981 g/mol. The van der Waals surface area contributed by atoms with Crippen molar-refractivity contribution in [3.05, 3.63) is 11.6 Å². The normalized spacial score (nSPS) is 57.4. The Morgan fingerprint density at radius 2 is 1.18 bits per heavy atom. The van der Waals surface area contributed by atoms with Gasteiger partial charge in [0.2, 0.25) is 0 Å². The zero-order valence-corrected chi connectivity index (χ0v) is 42.8. The van der Waals surface area contributed by atoms with Crippen molar-refractivity contribution in [3.63, 3.8) is 0 Å². The molecule has 23 heteroatoms. The first-order valence-corrected chi connectivity index (χ1v) is 26.9. The second-order valence-electron chi connectivity index (χ2n) is 24.2. The molecule has 1 unspecified atom stereocenters. The van der Waals surface area contributed by atoms with Crippen molar-refractivity contribution in [1.29, 1.82) is 0 Å². The van der Waals surface area contributed by atoms with Crippen molar-refractivity contribution in [2.24, 2.45) is 40.4 Å². The number of hydrogen-bond donors (Lipinski definition) is 13. The lowest BCUT2D eigenvalue weighted by atomic mass is 9.47. The molecule has 4 aliphatic carbocycles. The number of hydrogen-bond acceptors (Lipinski definition) is 23.